The number of rotatable bonds is 9. The van der Waals surface area contributed by atoms with E-state index in [-0.39, 0.29) is 11.6 Å². The predicted octanol–water partition coefficient (Wildman–Crippen LogP) is 6.51. The van der Waals surface area contributed by atoms with Crippen LogP contribution in [-0.4, -0.2) is 38.8 Å². The maximum atomic E-state index is 13.3. The van der Waals surface area contributed by atoms with Crippen LogP contribution >= 0.6 is 0 Å². The molecule has 0 aliphatic carbocycles. The first-order valence-electron chi connectivity index (χ1n) is 12.3. The molecule has 0 amide bonds. The topological polar surface area (TPSA) is 78.9 Å². The van der Waals surface area contributed by atoms with E-state index in [1.165, 1.54) is 0 Å². The van der Waals surface area contributed by atoms with Gasteiger partial charge in [0.05, 0.1) is 12.0 Å². The lowest BCUT2D eigenvalue weighted by atomic mass is 9.95. The Bertz CT molecular complexity index is 1050. The number of hydrogen-bond donors (Lipinski definition) is 0. The summed E-state index contributed by atoms with van der Waals surface area (Å²) in [4.78, 5) is 38.8. The standard InChI is InChI=1S/C29H40O6Si/c1-10-33-26(31)23(30)25(34-27(32)28(2,3)4)24(35-36(8,9)29(5,6)7)22-18-16-21(17-19-22)20-14-12-11-13-15-20/h11-19,24-25H,10H2,1-9H3/t24-,25?/m1/s1. The highest BCUT2D eigenvalue weighted by atomic mass is 28.4. The second-order valence-corrected chi connectivity index (χ2v) is 16.2. The van der Waals surface area contributed by atoms with Gasteiger partial charge < -0.3 is 13.9 Å². The Kier molecular flexibility index (Phi) is 9.43. The molecule has 0 aliphatic heterocycles. The first-order valence-corrected chi connectivity index (χ1v) is 15.2. The smallest absolute Gasteiger partial charge is 0.378 e. The van der Waals surface area contributed by atoms with Crippen molar-refractivity contribution in [2.24, 2.45) is 5.41 Å². The van der Waals surface area contributed by atoms with Gasteiger partial charge in [0.25, 0.3) is 5.78 Å². The number of carbonyl (C=O) groups excluding carboxylic acids is 3. The van der Waals surface area contributed by atoms with Gasteiger partial charge in [-0.3, -0.25) is 9.59 Å². The molecule has 196 valence electrons. The first kappa shape index (κ1) is 29.5. The molecule has 6 nitrogen and oxygen atoms in total. The average molecular weight is 513 g/mol. The monoisotopic (exact) mass is 512 g/mol. The summed E-state index contributed by atoms with van der Waals surface area (Å²) in [6.45, 7) is 17.1. The molecule has 0 radical (unpaired) electrons. The van der Waals surface area contributed by atoms with Gasteiger partial charge in [-0.15, -0.1) is 0 Å². The largest absolute Gasteiger partial charge is 0.460 e. The predicted molar refractivity (Wildman–Crippen MR) is 144 cm³/mol. The first-order chi connectivity index (χ1) is 16.6. The molecular weight excluding hydrogens is 472 g/mol. The van der Waals surface area contributed by atoms with E-state index in [9.17, 15) is 14.4 Å². The van der Waals surface area contributed by atoms with Crippen LogP contribution in [0.5, 0.6) is 0 Å². The lowest BCUT2D eigenvalue weighted by Crippen LogP contribution is -2.48. The van der Waals surface area contributed by atoms with Crippen LogP contribution in [0.4, 0.5) is 0 Å². The molecule has 0 aliphatic rings. The molecular formula is C29H40O6Si. The van der Waals surface area contributed by atoms with Crippen LogP contribution in [0.1, 0.15) is 60.1 Å². The van der Waals surface area contributed by atoms with E-state index < -0.39 is 43.7 Å². The summed E-state index contributed by atoms with van der Waals surface area (Å²) in [6.07, 6.45) is -2.45. The van der Waals surface area contributed by atoms with Crippen LogP contribution in [0.3, 0.4) is 0 Å². The van der Waals surface area contributed by atoms with Crippen molar-refractivity contribution in [2.75, 3.05) is 6.61 Å². The van der Waals surface area contributed by atoms with E-state index >= 15 is 0 Å². The fourth-order valence-corrected chi connectivity index (χ4v) is 4.41. The number of hydrogen-bond acceptors (Lipinski definition) is 6. The Morgan fingerprint density at radius 1 is 0.833 bits per heavy atom. The maximum absolute atomic E-state index is 13.3. The molecule has 2 aromatic rings. The van der Waals surface area contributed by atoms with Gasteiger partial charge in [-0.05, 0) is 62.5 Å². The number of benzene rings is 2. The second kappa shape index (κ2) is 11.5. The highest BCUT2D eigenvalue weighted by molar-refractivity contribution is 6.74. The van der Waals surface area contributed by atoms with E-state index in [0.29, 0.717) is 5.56 Å². The third-order valence-electron chi connectivity index (χ3n) is 6.43. The molecule has 0 aromatic heterocycles. The Morgan fingerprint density at radius 2 is 1.36 bits per heavy atom. The Hall–Kier alpha value is -2.77. The zero-order valence-corrected chi connectivity index (χ0v) is 24.0. The quantitative estimate of drug-likeness (QED) is 0.217. The van der Waals surface area contributed by atoms with Gasteiger partial charge in [0, 0.05) is 0 Å². The normalized spacial score (nSPS) is 14.0. The van der Waals surface area contributed by atoms with Crippen LogP contribution in [-0.2, 0) is 28.3 Å². The molecule has 0 bridgehead atoms. The lowest BCUT2D eigenvalue weighted by molar-refractivity contribution is -0.174. The summed E-state index contributed by atoms with van der Waals surface area (Å²) in [5.41, 5.74) is 1.80. The van der Waals surface area contributed by atoms with Gasteiger partial charge in [-0.1, -0.05) is 75.4 Å². The fraction of sp³-hybridized carbons (Fsp3) is 0.483. The van der Waals surface area contributed by atoms with Crippen molar-refractivity contribution >= 4 is 26.0 Å². The molecule has 36 heavy (non-hydrogen) atoms. The van der Waals surface area contributed by atoms with Gasteiger partial charge in [0.2, 0.25) is 6.10 Å². The minimum atomic E-state index is -2.48. The van der Waals surface area contributed by atoms with Crippen LogP contribution in [0.25, 0.3) is 11.1 Å². The number of ketones is 1. The zero-order valence-electron chi connectivity index (χ0n) is 23.0. The summed E-state index contributed by atoms with van der Waals surface area (Å²) < 4.78 is 17.4. The zero-order chi connectivity index (χ0) is 27.3. The molecule has 0 spiro atoms. The van der Waals surface area contributed by atoms with Gasteiger partial charge in [0.1, 0.15) is 6.10 Å². The minimum Gasteiger partial charge on any atom is -0.460 e. The van der Waals surface area contributed by atoms with Crippen LogP contribution in [0, 0.1) is 5.41 Å². The van der Waals surface area contributed by atoms with Crippen molar-refractivity contribution in [3.63, 3.8) is 0 Å². The average Bonchev–Trinajstić information content (AvgIpc) is 2.80. The van der Waals surface area contributed by atoms with Crippen molar-refractivity contribution in [3.05, 3.63) is 60.2 Å². The Morgan fingerprint density at radius 3 is 1.83 bits per heavy atom. The molecule has 7 heteroatoms. The van der Waals surface area contributed by atoms with E-state index in [1.54, 1.807) is 27.7 Å². The summed E-state index contributed by atoms with van der Waals surface area (Å²) in [5, 5.41) is -0.194. The van der Waals surface area contributed by atoms with Crippen LogP contribution < -0.4 is 0 Å². The minimum absolute atomic E-state index is 0.0318. The molecule has 0 saturated heterocycles. The number of Topliss-reactive ketones (excluding diaryl/α,β-unsaturated/α-hetero) is 1. The Labute approximate surface area is 216 Å². The van der Waals surface area contributed by atoms with Crippen molar-refractivity contribution in [1.29, 1.82) is 0 Å². The number of carbonyl (C=O) groups is 3. The molecule has 2 rings (SSSR count). The number of esters is 2. The molecule has 2 aromatic carbocycles. The molecule has 0 heterocycles. The van der Waals surface area contributed by atoms with E-state index in [2.05, 4.69) is 33.9 Å². The van der Waals surface area contributed by atoms with Crippen LogP contribution in [0.15, 0.2) is 54.6 Å². The van der Waals surface area contributed by atoms with Gasteiger partial charge in [-0.2, -0.15) is 0 Å². The summed E-state index contributed by atoms with van der Waals surface area (Å²) >= 11 is 0. The summed E-state index contributed by atoms with van der Waals surface area (Å²) in [7, 11) is -2.48. The molecule has 1 unspecified atom stereocenters. The molecule has 2 atom stereocenters. The highest BCUT2D eigenvalue weighted by Crippen LogP contribution is 2.41. The van der Waals surface area contributed by atoms with Crippen molar-refractivity contribution in [2.45, 2.75) is 78.8 Å². The molecule has 0 fully saturated rings. The second-order valence-electron chi connectivity index (χ2n) is 11.4. The number of ether oxygens (including phenoxy) is 2. The summed E-state index contributed by atoms with van der Waals surface area (Å²) in [6, 6.07) is 17.5. The van der Waals surface area contributed by atoms with Crippen molar-refractivity contribution in [1.82, 2.24) is 0 Å². The maximum Gasteiger partial charge on any atom is 0.378 e. The fourth-order valence-electron chi connectivity index (χ4n) is 3.16. The van der Waals surface area contributed by atoms with Gasteiger partial charge in [0.15, 0.2) is 8.32 Å². The van der Waals surface area contributed by atoms with Crippen molar-refractivity contribution in [3.8, 4) is 11.1 Å². The Balaban J connectivity index is 2.61. The van der Waals surface area contributed by atoms with Crippen molar-refractivity contribution < 1.29 is 28.3 Å². The van der Waals surface area contributed by atoms with Crippen LogP contribution in [0.2, 0.25) is 18.1 Å². The SMILES string of the molecule is CCOC(=O)C(=O)C(OC(=O)C(C)(C)C)[C@H](O[Si](C)(C)C(C)(C)C)c1ccc(-c2ccccc2)cc1. The van der Waals surface area contributed by atoms with Gasteiger partial charge in [-0.25, -0.2) is 4.79 Å². The van der Waals surface area contributed by atoms with E-state index in [0.717, 1.165) is 11.1 Å². The highest BCUT2D eigenvalue weighted by Gasteiger charge is 2.46. The van der Waals surface area contributed by atoms with E-state index in [4.69, 9.17) is 13.9 Å². The van der Waals surface area contributed by atoms with E-state index in [1.807, 2.05) is 54.6 Å². The van der Waals surface area contributed by atoms with Gasteiger partial charge >= 0.3 is 11.9 Å². The third kappa shape index (κ3) is 7.37. The summed E-state index contributed by atoms with van der Waals surface area (Å²) in [5.74, 6) is -2.59. The molecule has 0 N–H and O–H groups in total. The third-order valence-corrected chi connectivity index (χ3v) is 10.9. The molecule has 0 saturated carbocycles. The lowest BCUT2D eigenvalue weighted by Gasteiger charge is -2.41.